The van der Waals surface area contributed by atoms with E-state index in [-0.39, 0.29) is 32.8 Å². The van der Waals surface area contributed by atoms with Crippen LogP contribution in [0.2, 0.25) is 0 Å². The first-order valence-corrected chi connectivity index (χ1v) is 14.9. The largest absolute Gasteiger partial charge is 0.346 e. The van der Waals surface area contributed by atoms with Crippen LogP contribution < -0.4 is 16.4 Å². The van der Waals surface area contributed by atoms with Crippen molar-refractivity contribution < 1.29 is 39.9 Å². The summed E-state index contributed by atoms with van der Waals surface area (Å²) in [4.78, 5) is 47.4. The highest BCUT2D eigenvalue weighted by atomic mass is 19.3. The van der Waals surface area contributed by atoms with Crippen molar-refractivity contribution in [1.82, 2.24) is 30.0 Å². The molecule has 1 aliphatic carbocycles. The van der Waals surface area contributed by atoms with Crippen LogP contribution >= 0.6 is 0 Å². The van der Waals surface area contributed by atoms with Gasteiger partial charge in [0.05, 0.1) is 23.0 Å². The van der Waals surface area contributed by atoms with Crippen LogP contribution in [0.4, 0.5) is 35.1 Å². The van der Waals surface area contributed by atoms with Crippen molar-refractivity contribution in [1.29, 1.82) is 0 Å². The molecule has 0 spiro atoms. The first-order chi connectivity index (χ1) is 23.6. The number of rotatable bonds is 9. The van der Waals surface area contributed by atoms with E-state index >= 15 is 8.78 Å². The minimum atomic E-state index is -4.08. The Kier molecular flexibility index (Phi) is 8.92. The lowest BCUT2D eigenvalue weighted by molar-refractivity contribution is -0.123. The number of aromatic amines is 2. The number of nitrogens with zero attached hydrogens (tertiary/aromatic N) is 3. The van der Waals surface area contributed by atoms with Crippen LogP contribution in [0.25, 0.3) is 22.4 Å². The number of alkyl halides is 6. The molecule has 6 rings (SSSR count). The molecule has 0 saturated heterocycles. The third-order valence-electron chi connectivity index (χ3n) is 8.05. The zero-order chi connectivity index (χ0) is 36.0. The van der Waals surface area contributed by atoms with Crippen molar-refractivity contribution in [3.05, 3.63) is 128 Å². The molecule has 0 unspecified atom stereocenters. The third kappa shape index (κ3) is 6.93. The fourth-order valence-corrected chi connectivity index (χ4v) is 5.96. The van der Waals surface area contributed by atoms with Crippen molar-refractivity contribution in [2.24, 2.45) is 0 Å². The van der Waals surface area contributed by atoms with Gasteiger partial charge in [-0.05, 0) is 47.9 Å². The number of benzene rings is 1. The number of halogens is 8. The molecule has 260 valence electrons. The quantitative estimate of drug-likeness (QED) is 0.156. The minimum Gasteiger partial charge on any atom is -0.346 e. The summed E-state index contributed by atoms with van der Waals surface area (Å²) in [7, 11) is 0. The smallest absolute Gasteiger partial charge is 0.290 e. The van der Waals surface area contributed by atoms with Gasteiger partial charge >= 0.3 is 0 Å². The molecule has 0 saturated carbocycles. The predicted molar refractivity (Wildman–Crippen MR) is 162 cm³/mol. The SMILES string of the molecule is O=C(Cn1nc(C(F)F)c2c1C(F)(F)CCC2(F)F)N[C@@H](Cc1cc(F)cc(F)c1)c1nc(-c2cc[nH]c(=O)c2)ccc1-c1cc[nH]c(=O)c1. The van der Waals surface area contributed by atoms with E-state index in [9.17, 15) is 40.7 Å². The monoisotopic (exact) mass is 704 g/mol. The van der Waals surface area contributed by atoms with E-state index in [1.165, 1.54) is 48.8 Å². The number of nitrogens with one attached hydrogen (secondary N) is 3. The molecule has 5 aromatic rings. The van der Waals surface area contributed by atoms with E-state index in [2.05, 4.69) is 25.4 Å². The Morgan fingerprint density at radius 1 is 0.840 bits per heavy atom. The second-order valence-electron chi connectivity index (χ2n) is 11.6. The van der Waals surface area contributed by atoms with E-state index in [1.807, 2.05) is 0 Å². The molecule has 17 heteroatoms. The predicted octanol–water partition coefficient (Wildman–Crippen LogP) is 6.28. The molecule has 1 amide bonds. The van der Waals surface area contributed by atoms with Crippen LogP contribution in [0, 0.1) is 11.6 Å². The van der Waals surface area contributed by atoms with Crippen molar-refractivity contribution in [3.8, 4) is 22.4 Å². The summed E-state index contributed by atoms with van der Waals surface area (Å²) in [6.45, 7) is -1.23. The number of H-pyrrole nitrogens is 2. The maximum atomic E-state index is 15.0. The summed E-state index contributed by atoms with van der Waals surface area (Å²) in [6.07, 6.45) is -4.23. The van der Waals surface area contributed by atoms with Gasteiger partial charge in [-0.15, -0.1) is 0 Å². The molecule has 0 aliphatic heterocycles. The summed E-state index contributed by atoms with van der Waals surface area (Å²) in [5.74, 6) is -11.3. The number of pyridine rings is 3. The number of fused-ring (bicyclic) bond motifs is 1. The maximum absolute atomic E-state index is 15.0. The molecule has 0 bridgehead atoms. The molecular weight excluding hydrogens is 680 g/mol. The second-order valence-corrected chi connectivity index (χ2v) is 11.6. The van der Waals surface area contributed by atoms with E-state index in [4.69, 9.17) is 0 Å². The number of hydrogen-bond acceptors (Lipinski definition) is 5. The summed E-state index contributed by atoms with van der Waals surface area (Å²) in [5, 5.41) is 5.80. The van der Waals surface area contributed by atoms with Crippen molar-refractivity contribution >= 4 is 5.91 Å². The Morgan fingerprint density at radius 3 is 2.10 bits per heavy atom. The average Bonchev–Trinajstić information content (AvgIpc) is 3.44. The zero-order valence-corrected chi connectivity index (χ0v) is 25.4. The Balaban J connectivity index is 1.48. The fraction of sp³-hybridized carbons (Fsp3) is 0.242. The molecule has 1 aromatic carbocycles. The topological polar surface area (TPSA) is 126 Å². The number of hydrogen-bond donors (Lipinski definition) is 3. The maximum Gasteiger partial charge on any atom is 0.290 e. The van der Waals surface area contributed by atoms with Crippen molar-refractivity contribution in [2.45, 2.75) is 50.1 Å². The van der Waals surface area contributed by atoms with Gasteiger partial charge < -0.3 is 15.3 Å². The molecule has 0 fully saturated rings. The zero-order valence-electron chi connectivity index (χ0n) is 25.4. The number of carbonyl (C=O) groups excluding carboxylic acids is 1. The summed E-state index contributed by atoms with van der Waals surface area (Å²) in [6, 6.07) is 9.52. The lowest BCUT2D eigenvalue weighted by atomic mass is 9.89. The second kappa shape index (κ2) is 13.0. The number of carbonyl (C=O) groups is 1. The lowest BCUT2D eigenvalue weighted by Gasteiger charge is -2.29. The van der Waals surface area contributed by atoms with Gasteiger partial charge in [-0.2, -0.15) is 13.9 Å². The van der Waals surface area contributed by atoms with Gasteiger partial charge in [0.15, 0.2) is 0 Å². The standard InChI is InChI=1S/C33H24F8N6O3/c34-19-9-16(10-20(35)14-19)11-23(44-26(50)15-47-30-27(29(46-47)31(36)37)32(38,39)5-6-33(30,40)41)28-21(17-3-7-42-24(48)12-17)1-2-22(45-28)18-4-8-43-25(49)13-18/h1-4,7-10,12-14,23,31H,5-6,11,15H2,(H,42,48)(H,43,49)(H,44,50)/t23-/m0/s1. The first kappa shape index (κ1) is 34.3. The van der Waals surface area contributed by atoms with Crippen LogP contribution in [0.1, 0.15) is 53.5 Å². The molecule has 3 N–H and O–H groups in total. The average molecular weight is 705 g/mol. The van der Waals surface area contributed by atoms with E-state index in [0.717, 1.165) is 12.1 Å². The first-order valence-electron chi connectivity index (χ1n) is 14.9. The molecule has 50 heavy (non-hydrogen) atoms. The van der Waals surface area contributed by atoms with Gasteiger partial charge in [-0.1, -0.05) is 6.07 Å². The Morgan fingerprint density at radius 2 is 1.46 bits per heavy atom. The highest BCUT2D eigenvalue weighted by molar-refractivity contribution is 5.77. The molecule has 4 heterocycles. The Bertz CT molecular complexity index is 2190. The summed E-state index contributed by atoms with van der Waals surface area (Å²) < 4.78 is 116. The number of aromatic nitrogens is 5. The van der Waals surface area contributed by atoms with E-state index < -0.39 is 95.7 Å². The minimum absolute atomic E-state index is 0.0179. The highest BCUT2D eigenvalue weighted by Crippen LogP contribution is 2.52. The normalized spacial score (nSPS) is 15.5. The van der Waals surface area contributed by atoms with Gasteiger partial charge in [0, 0.05) is 54.6 Å². The van der Waals surface area contributed by atoms with Crippen molar-refractivity contribution in [2.75, 3.05) is 0 Å². The molecular formula is C33H24F8N6O3. The van der Waals surface area contributed by atoms with Gasteiger partial charge in [-0.25, -0.2) is 31.3 Å². The van der Waals surface area contributed by atoms with Crippen LogP contribution in [0.3, 0.4) is 0 Å². The highest BCUT2D eigenvalue weighted by Gasteiger charge is 2.55. The molecule has 4 aromatic heterocycles. The summed E-state index contributed by atoms with van der Waals surface area (Å²) >= 11 is 0. The lowest BCUT2D eigenvalue weighted by Crippen LogP contribution is -2.37. The summed E-state index contributed by atoms with van der Waals surface area (Å²) in [5.41, 5.74) is -4.86. The van der Waals surface area contributed by atoms with Crippen LogP contribution in [0.15, 0.2) is 76.6 Å². The van der Waals surface area contributed by atoms with Gasteiger partial charge in [0.1, 0.15) is 29.6 Å². The van der Waals surface area contributed by atoms with E-state index in [1.54, 1.807) is 0 Å². The van der Waals surface area contributed by atoms with Crippen LogP contribution in [-0.4, -0.2) is 30.6 Å². The third-order valence-corrected chi connectivity index (χ3v) is 8.05. The van der Waals surface area contributed by atoms with Gasteiger partial charge in [0.25, 0.3) is 18.3 Å². The Hall–Kier alpha value is -5.61. The van der Waals surface area contributed by atoms with Crippen LogP contribution in [-0.2, 0) is 29.6 Å². The van der Waals surface area contributed by atoms with Gasteiger partial charge in [-0.3, -0.25) is 19.1 Å². The number of amides is 1. The molecule has 0 radical (unpaired) electrons. The molecule has 9 nitrogen and oxygen atoms in total. The van der Waals surface area contributed by atoms with Crippen LogP contribution in [0.5, 0.6) is 0 Å². The van der Waals surface area contributed by atoms with Gasteiger partial charge in [0.2, 0.25) is 17.0 Å². The molecule has 1 atom stereocenters. The Labute approximate surface area is 276 Å². The van der Waals surface area contributed by atoms with E-state index in [0.29, 0.717) is 11.6 Å². The molecule has 1 aliphatic rings. The fourth-order valence-electron chi connectivity index (χ4n) is 5.96. The van der Waals surface area contributed by atoms with Crippen molar-refractivity contribution in [3.63, 3.8) is 0 Å².